The van der Waals surface area contributed by atoms with Crippen LogP contribution in [-0.4, -0.2) is 68.3 Å². The number of carbonyl (C=O) groups excluding carboxylic acids is 2. The first-order chi connectivity index (χ1) is 15.5. The van der Waals surface area contributed by atoms with Gasteiger partial charge in [0.25, 0.3) is 0 Å². The molecule has 1 fully saturated rings. The van der Waals surface area contributed by atoms with Crippen molar-refractivity contribution in [2.75, 3.05) is 39.9 Å². The first-order valence-corrected chi connectivity index (χ1v) is 10.8. The summed E-state index contributed by atoms with van der Waals surface area (Å²) in [7, 11) is 5.06. The maximum atomic E-state index is 13.5. The molecule has 168 valence electrons. The average molecular weight is 437 g/mol. The predicted molar refractivity (Wildman–Crippen MR) is 118 cm³/mol. The smallest absolute Gasteiger partial charge is 0.328 e. The lowest BCUT2D eigenvalue weighted by atomic mass is 9.77. The van der Waals surface area contributed by atoms with Crippen LogP contribution in [0.25, 0.3) is 0 Å². The van der Waals surface area contributed by atoms with Gasteiger partial charge in [0.1, 0.15) is 6.04 Å². The maximum Gasteiger partial charge on any atom is 0.328 e. The van der Waals surface area contributed by atoms with E-state index in [0.717, 1.165) is 16.8 Å². The number of carbonyl (C=O) groups is 2. The number of benzene rings is 2. The Morgan fingerprint density at radius 1 is 1.16 bits per heavy atom. The second-order valence-corrected chi connectivity index (χ2v) is 8.73. The van der Waals surface area contributed by atoms with Crippen LogP contribution < -0.4 is 14.8 Å². The van der Waals surface area contributed by atoms with Gasteiger partial charge in [-0.05, 0) is 49.8 Å². The summed E-state index contributed by atoms with van der Waals surface area (Å²) in [5.41, 5.74) is 3.10. The minimum Gasteiger partial charge on any atom is -0.467 e. The number of fused-ring (bicyclic) bond motifs is 4. The monoisotopic (exact) mass is 437 g/mol. The summed E-state index contributed by atoms with van der Waals surface area (Å²) in [6.45, 7) is 0.367. The number of esters is 1. The number of amides is 1. The average Bonchev–Trinajstić information content (AvgIpc) is 3.40. The minimum absolute atomic E-state index is 0.0640. The van der Waals surface area contributed by atoms with Crippen LogP contribution in [0.3, 0.4) is 0 Å². The first kappa shape index (κ1) is 20.6. The third-order valence-electron chi connectivity index (χ3n) is 6.52. The molecule has 2 aromatic carbocycles. The van der Waals surface area contributed by atoms with Gasteiger partial charge in [-0.3, -0.25) is 4.79 Å². The van der Waals surface area contributed by atoms with Gasteiger partial charge in [-0.15, -0.1) is 0 Å². The molecule has 0 radical (unpaired) electrons. The quantitative estimate of drug-likeness (QED) is 0.736. The molecule has 2 aromatic rings. The van der Waals surface area contributed by atoms with E-state index in [-0.39, 0.29) is 37.2 Å². The molecule has 1 amide bonds. The van der Waals surface area contributed by atoms with Crippen molar-refractivity contribution in [3.8, 4) is 11.5 Å². The largest absolute Gasteiger partial charge is 0.467 e. The van der Waals surface area contributed by atoms with Crippen LogP contribution in [0, 0.1) is 0 Å². The zero-order chi connectivity index (χ0) is 22.4. The number of nitrogens with one attached hydrogen (secondary N) is 1. The molecule has 8 heteroatoms. The zero-order valence-corrected chi connectivity index (χ0v) is 18.4. The molecule has 0 spiro atoms. The van der Waals surface area contributed by atoms with Gasteiger partial charge in [0.15, 0.2) is 11.5 Å². The highest BCUT2D eigenvalue weighted by Crippen LogP contribution is 2.51. The Morgan fingerprint density at radius 2 is 1.94 bits per heavy atom. The van der Waals surface area contributed by atoms with Crippen LogP contribution >= 0.6 is 0 Å². The summed E-state index contributed by atoms with van der Waals surface area (Å²) in [5, 5.41) is 3.64. The molecule has 1 saturated heterocycles. The number of rotatable bonds is 4. The molecule has 0 bridgehead atoms. The number of nitrogens with zero attached hydrogens (tertiary/aromatic N) is 2. The van der Waals surface area contributed by atoms with E-state index < -0.39 is 12.0 Å². The van der Waals surface area contributed by atoms with Gasteiger partial charge in [0, 0.05) is 11.6 Å². The van der Waals surface area contributed by atoms with Gasteiger partial charge < -0.3 is 29.3 Å². The number of hydrogen-bond donors (Lipinski definition) is 1. The van der Waals surface area contributed by atoms with Gasteiger partial charge in [0.2, 0.25) is 12.7 Å². The molecule has 2 unspecified atom stereocenters. The molecule has 8 nitrogen and oxygen atoms in total. The van der Waals surface area contributed by atoms with Crippen molar-refractivity contribution in [1.29, 1.82) is 0 Å². The fourth-order valence-electron chi connectivity index (χ4n) is 5.21. The predicted octanol–water partition coefficient (Wildman–Crippen LogP) is 2.37. The van der Waals surface area contributed by atoms with Crippen molar-refractivity contribution in [3.05, 3.63) is 53.6 Å². The summed E-state index contributed by atoms with van der Waals surface area (Å²) in [4.78, 5) is 30.0. The molecular weight excluding hydrogens is 410 g/mol. The van der Waals surface area contributed by atoms with Crippen LogP contribution in [0.1, 0.15) is 29.5 Å². The van der Waals surface area contributed by atoms with Crippen molar-refractivity contribution in [3.63, 3.8) is 0 Å². The molecule has 0 aromatic heterocycles. The van der Waals surface area contributed by atoms with E-state index in [9.17, 15) is 9.59 Å². The Hall–Kier alpha value is -3.26. The summed E-state index contributed by atoms with van der Waals surface area (Å²) in [5.74, 6) is 0.873. The van der Waals surface area contributed by atoms with E-state index in [4.69, 9.17) is 14.2 Å². The normalized spacial score (nSPS) is 25.2. The van der Waals surface area contributed by atoms with Gasteiger partial charge in [-0.2, -0.15) is 0 Å². The van der Waals surface area contributed by atoms with E-state index in [2.05, 4.69) is 11.4 Å². The molecular formula is C24H27N3O5. The maximum absolute atomic E-state index is 13.5. The SMILES string of the molecule is COC(=O)[C@H]1CC2c3ccccc3NC2[C@@H](c2ccc3c(c2)OCO3)N1C(=O)CN(C)C. The lowest BCUT2D eigenvalue weighted by Crippen LogP contribution is -2.58. The summed E-state index contributed by atoms with van der Waals surface area (Å²) in [6.07, 6.45) is 0.502. The Labute approximate surface area is 187 Å². The van der Waals surface area contributed by atoms with E-state index in [1.807, 2.05) is 55.4 Å². The highest BCUT2D eigenvalue weighted by molar-refractivity contribution is 5.87. The van der Waals surface area contributed by atoms with Crippen molar-refractivity contribution < 1.29 is 23.8 Å². The molecule has 3 heterocycles. The van der Waals surface area contributed by atoms with Crippen LogP contribution in [0.4, 0.5) is 5.69 Å². The van der Waals surface area contributed by atoms with Crippen molar-refractivity contribution in [2.24, 2.45) is 0 Å². The van der Waals surface area contributed by atoms with E-state index in [1.54, 1.807) is 4.90 Å². The van der Waals surface area contributed by atoms with Crippen LogP contribution in [0.2, 0.25) is 0 Å². The summed E-state index contributed by atoms with van der Waals surface area (Å²) >= 11 is 0. The molecule has 0 saturated carbocycles. The van der Waals surface area contributed by atoms with E-state index in [0.29, 0.717) is 17.9 Å². The minimum atomic E-state index is -0.683. The number of para-hydroxylation sites is 1. The number of piperidine rings is 1. The Kier molecular flexibility index (Phi) is 5.17. The van der Waals surface area contributed by atoms with Crippen molar-refractivity contribution in [1.82, 2.24) is 9.80 Å². The number of ether oxygens (including phenoxy) is 3. The molecule has 3 aliphatic heterocycles. The van der Waals surface area contributed by atoms with Crippen LogP contribution in [0.5, 0.6) is 11.5 Å². The van der Waals surface area contributed by atoms with E-state index in [1.165, 1.54) is 7.11 Å². The molecule has 32 heavy (non-hydrogen) atoms. The Balaban J connectivity index is 1.63. The summed E-state index contributed by atoms with van der Waals surface area (Å²) in [6, 6.07) is 12.7. The second-order valence-electron chi connectivity index (χ2n) is 8.73. The summed E-state index contributed by atoms with van der Waals surface area (Å²) < 4.78 is 16.3. The standard InChI is InChI=1S/C24H27N3O5/c1-26(2)12-21(28)27-18(24(29)30-3)11-16-15-6-4-5-7-17(15)25-22(16)23(27)14-8-9-19-20(10-14)32-13-31-19/h4-10,16,18,22-23,25H,11-13H2,1-3H3/t16?,18-,22?,23-/m1/s1. The van der Waals surface area contributed by atoms with Crippen LogP contribution in [0.15, 0.2) is 42.5 Å². The third kappa shape index (κ3) is 3.35. The number of hydrogen-bond acceptors (Lipinski definition) is 7. The molecule has 3 aliphatic rings. The number of anilines is 1. The van der Waals surface area contributed by atoms with Crippen LogP contribution in [-0.2, 0) is 14.3 Å². The lowest BCUT2D eigenvalue weighted by Gasteiger charge is -2.47. The highest BCUT2D eigenvalue weighted by Gasteiger charge is 2.52. The fraction of sp³-hybridized carbons (Fsp3) is 0.417. The number of methoxy groups -OCH3 is 1. The number of likely N-dealkylation sites (tertiary alicyclic amines) is 1. The highest BCUT2D eigenvalue weighted by atomic mass is 16.7. The van der Waals surface area contributed by atoms with Gasteiger partial charge in [-0.25, -0.2) is 4.79 Å². The topological polar surface area (TPSA) is 80.3 Å². The van der Waals surface area contributed by atoms with Gasteiger partial charge >= 0.3 is 5.97 Å². The Morgan fingerprint density at radius 3 is 2.72 bits per heavy atom. The van der Waals surface area contributed by atoms with Gasteiger partial charge in [0.05, 0.1) is 25.7 Å². The van der Waals surface area contributed by atoms with Gasteiger partial charge in [-0.1, -0.05) is 24.3 Å². The number of likely N-dealkylation sites (N-methyl/N-ethyl adjacent to an activating group) is 1. The third-order valence-corrected chi connectivity index (χ3v) is 6.52. The Bertz CT molecular complexity index is 1060. The second kappa shape index (κ2) is 8.02. The molecule has 4 atom stereocenters. The molecule has 5 rings (SSSR count). The fourth-order valence-corrected chi connectivity index (χ4v) is 5.21. The first-order valence-electron chi connectivity index (χ1n) is 10.8. The zero-order valence-electron chi connectivity index (χ0n) is 18.4. The van der Waals surface area contributed by atoms with Crippen molar-refractivity contribution >= 4 is 17.6 Å². The van der Waals surface area contributed by atoms with E-state index >= 15 is 0 Å². The molecule has 0 aliphatic carbocycles. The molecule has 1 N–H and O–H groups in total. The van der Waals surface area contributed by atoms with Crippen molar-refractivity contribution in [2.45, 2.75) is 30.5 Å². The lowest BCUT2D eigenvalue weighted by molar-refractivity contribution is -0.158.